The smallest absolute Gasteiger partial charge is 0.144 e. The Balaban J connectivity index is 3.98. The van der Waals surface area contributed by atoms with Gasteiger partial charge in [-0.1, -0.05) is 0 Å². The van der Waals surface area contributed by atoms with Crippen LogP contribution in [0.15, 0.2) is 4.40 Å². The van der Waals surface area contributed by atoms with Crippen molar-refractivity contribution in [1.29, 1.82) is 0 Å². The zero-order chi connectivity index (χ0) is 8.20. The third-order valence-corrected chi connectivity index (χ3v) is 2.16. The van der Waals surface area contributed by atoms with Gasteiger partial charge in [-0.3, -0.25) is 0 Å². The van der Waals surface area contributed by atoms with E-state index in [1.54, 1.807) is 0 Å². The van der Waals surface area contributed by atoms with Crippen LogP contribution in [0, 0.1) is 0 Å². The molecule has 0 aliphatic rings. The fraction of sp³-hybridized carbons (Fsp3) is 0.833. The second kappa shape index (κ2) is 3.83. The molecule has 0 aromatic rings. The van der Waals surface area contributed by atoms with Crippen molar-refractivity contribution in [3.63, 3.8) is 0 Å². The van der Waals surface area contributed by atoms with E-state index < -0.39 is 11.0 Å². The summed E-state index contributed by atoms with van der Waals surface area (Å²) in [5, 5.41) is 8.30. The van der Waals surface area contributed by atoms with E-state index in [2.05, 4.69) is 4.40 Å². The van der Waals surface area contributed by atoms with Crippen LogP contribution in [0.1, 0.15) is 20.8 Å². The van der Waals surface area contributed by atoms with Crippen LogP contribution in [-0.2, 0) is 11.0 Å². The maximum Gasteiger partial charge on any atom is 0.144 e. The molecule has 0 heterocycles. The lowest BCUT2D eigenvalue weighted by atomic mass is 10.3. The van der Waals surface area contributed by atoms with Crippen LogP contribution in [0.5, 0.6) is 0 Å². The van der Waals surface area contributed by atoms with Gasteiger partial charge in [-0.05, 0) is 20.8 Å². The molecular weight excluding hydrogens is 150 g/mol. The average molecular weight is 163 g/mol. The molecule has 0 rings (SSSR count). The summed E-state index contributed by atoms with van der Waals surface area (Å²) in [4.78, 5) is 0. The van der Waals surface area contributed by atoms with Crippen LogP contribution in [0.25, 0.3) is 0 Å². The number of nitrogens with zero attached hydrogens (tertiary/aromatic N) is 1. The van der Waals surface area contributed by atoms with Gasteiger partial charge < -0.3 is 5.11 Å². The summed E-state index contributed by atoms with van der Waals surface area (Å²) in [6.45, 7) is 5.34. The van der Waals surface area contributed by atoms with Gasteiger partial charge in [0.2, 0.25) is 0 Å². The molecule has 3 nitrogen and oxygen atoms in total. The first-order valence-electron chi connectivity index (χ1n) is 3.04. The molecule has 10 heavy (non-hydrogen) atoms. The minimum Gasteiger partial charge on any atom is -0.391 e. The van der Waals surface area contributed by atoms with Gasteiger partial charge in [0.25, 0.3) is 0 Å². The zero-order valence-electron chi connectivity index (χ0n) is 6.50. The molecular formula is C6H13NO2S. The molecule has 0 bridgehead atoms. The van der Waals surface area contributed by atoms with Crippen molar-refractivity contribution in [1.82, 2.24) is 0 Å². The summed E-state index contributed by atoms with van der Waals surface area (Å²) in [5.41, 5.74) is 0. The Labute approximate surface area is 63.8 Å². The lowest BCUT2D eigenvalue weighted by Gasteiger charge is -2.12. The summed E-state index contributed by atoms with van der Waals surface area (Å²) in [6, 6.07) is 0. The van der Waals surface area contributed by atoms with Crippen molar-refractivity contribution in [2.45, 2.75) is 25.5 Å². The van der Waals surface area contributed by atoms with E-state index in [9.17, 15) is 4.21 Å². The van der Waals surface area contributed by atoms with Crippen LogP contribution in [0.2, 0.25) is 0 Å². The molecule has 0 fully saturated rings. The first-order chi connectivity index (χ1) is 4.48. The Morgan fingerprint density at radius 3 is 2.40 bits per heavy atom. The average Bonchev–Trinajstić information content (AvgIpc) is 1.80. The van der Waals surface area contributed by atoms with E-state index >= 15 is 0 Å². The zero-order valence-corrected chi connectivity index (χ0v) is 7.31. The summed E-state index contributed by atoms with van der Waals surface area (Å²) in [6.07, 6.45) is 1.25. The molecule has 0 aromatic heterocycles. The fourth-order valence-corrected chi connectivity index (χ4v) is 0.777. The van der Waals surface area contributed by atoms with E-state index in [0.29, 0.717) is 0 Å². The second-order valence-corrected chi connectivity index (χ2v) is 4.77. The number of rotatable bonds is 2. The van der Waals surface area contributed by atoms with Gasteiger partial charge in [0.1, 0.15) is 11.0 Å². The number of hydrogen-bond acceptors (Lipinski definition) is 2. The van der Waals surface area contributed by atoms with E-state index in [1.807, 2.05) is 20.8 Å². The van der Waals surface area contributed by atoms with Gasteiger partial charge in [-0.2, -0.15) is 4.40 Å². The molecule has 0 unspecified atom stereocenters. The van der Waals surface area contributed by atoms with E-state index in [4.69, 9.17) is 5.11 Å². The lowest BCUT2D eigenvalue weighted by Crippen LogP contribution is -2.19. The normalized spacial score (nSPS) is 16.0. The molecule has 0 spiro atoms. The topological polar surface area (TPSA) is 49.7 Å². The highest BCUT2D eigenvalue weighted by Gasteiger charge is 2.17. The molecule has 0 aliphatic heterocycles. The molecule has 1 atom stereocenters. The predicted octanol–water partition coefficient (Wildman–Crippen LogP) is 0.512. The van der Waals surface area contributed by atoms with Gasteiger partial charge >= 0.3 is 0 Å². The van der Waals surface area contributed by atoms with E-state index in [-0.39, 0.29) is 11.4 Å². The van der Waals surface area contributed by atoms with Gasteiger partial charge in [0.15, 0.2) is 0 Å². The third kappa shape index (κ3) is 3.74. The van der Waals surface area contributed by atoms with Crippen molar-refractivity contribution in [3.05, 3.63) is 0 Å². The van der Waals surface area contributed by atoms with E-state index in [1.165, 1.54) is 6.21 Å². The predicted molar refractivity (Wildman–Crippen MR) is 43.5 cm³/mol. The van der Waals surface area contributed by atoms with Crippen LogP contribution < -0.4 is 0 Å². The summed E-state index contributed by atoms with van der Waals surface area (Å²) in [5.74, 6) is 0. The monoisotopic (exact) mass is 163 g/mol. The summed E-state index contributed by atoms with van der Waals surface area (Å²) in [7, 11) is -1.23. The SMILES string of the molecule is CC(C)(C)[S@](=O)N=CCO. The standard InChI is InChI=1S/C6H13NO2S/c1-6(2,3)10(9)7-4-5-8/h4,8H,5H2,1-3H3/t10-/m0/s1. The molecule has 60 valence electrons. The maximum absolute atomic E-state index is 11.0. The lowest BCUT2D eigenvalue weighted by molar-refractivity contribution is 0.362. The van der Waals surface area contributed by atoms with Gasteiger partial charge in [-0.15, -0.1) is 0 Å². The Hall–Kier alpha value is -0.220. The van der Waals surface area contributed by atoms with Crippen LogP contribution in [-0.4, -0.2) is 26.9 Å². The Bertz CT molecular complexity index is 148. The third-order valence-electron chi connectivity index (χ3n) is 0.776. The van der Waals surface area contributed by atoms with Gasteiger partial charge in [-0.25, -0.2) is 4.21 Å². The van der Waals surface area contributed by atoms with Crippen LogP contribution >= 0.6 is 0 Å². The van der Waals surface area contributed by atoms with Crippen molar-refractivity contribution in [2.75, 3.05) is 6.61 Å². The molecule has 0 saturated heterocycles. The molecule has 0 saturated carbocycles. The van der Waals surface area contributed by atoms with Crippen molar-refractivity contribution in [2.24, 2.45) is 4.40 Å². The fourth-order valence-electron chi connectivity index (χ4n) is 0.259. The van der Waals surface area contributed by atoms with E-state index in [0.717, 1.165) is 0 Å². The summed E-state index contributed by atoms with van der Waals surface area (Å²) < 4.78 is 14.3. The molecule has 0 aromatic carbocycles. The van der Waals surface area contributed by atoms with Gasteiger partial charge in [0.05, 0.1) is 11.4 Å². The first kappa shape index (κ1) is 9.78. The molecule has 4 heteroatoms. The Morgan fingerprint density at radius 2 is 2.10 bits per heavy atom. The highest BCUT2D eigenvalue weighted by Crippen LogP contribution is 2.11. The van der Waals surface area contributed by atoms with Crippen LogP contribution in [0.4, 0.5) is 0 Å². The summed E-state index contributed by atoms with van der Waals surface area (Å²) >= 11 is 0. The maximum atomic E-state index is 11.0. The number of aliphatic hydroxyl groups excluding tert-OH is 1. The van der Waals surface area contributed by atoms with Crippen molar-refractivity contribution < 1.29 is 9.32 Å². The minimum absolute atomic E-state index is 0.151. The Kier molecular flexibility index (Phi) is 3.75. The quantitative estimate of drug-likeness (QED) is 0.603. The molecule has 1 N–H and O–H groups in total. The Morgan fingerprint density at radius 1 is 1.60 bits per heavy atom. The molecule has 0 aliphatic carbocycles. The molecule has 0 radical (unpaired) electrons. The minimum atomic E-state index is -1.23. The van der Waals surface area contributed by atoms with Crippen molar-refractivity contribution >= 4 is 17.2 Å². The molecule has 0 amide bonds. The highest BCUT2D eigenvalue weighted by molar-refractivity contribution is 7.85. The largest absolute Gasteiger partial charge is 0.391 e. The van der Waals surface area contributed by atoms with Crippen LogP contribution in [0.3, 0.4) is 0 Å². The number of hydrogen-bond donors (Lipinski definition) is 1. The van der Waals surface area contributed by atoms with Gasteiger partial charge in [0, 0.05) is 6.21 Å². The highest BCUT2D eigenvalue weighted by atomic mass is 32.2. The number of aliphatic hydroxyl groups is 1. The second-order valence-electron chi connectivity index (χ2n) is 2.83. The van der Waals surface area contributed by atoms with Crippen molar-refractivity contribution in [3.8, 4) is 0 Å². The first-order valence-corrected chi connectivity index (χ1v) is 4.14.